The molecular formula is C19H28IN5S. The van der Waals surface area contributed by atoms with Gasteiger partial charge in [0.15, 0.2) is 5.96 Å². The van der Waals surface area contributed by atoms with Crippen LogP contribution >= 0.6 is 35.3 Å². The van der Waals surface area contributed by atoms with E-state index in [9.17, 15) is 0 Å². The van der Waals surface area contributed by atoms with Gasteiger partial charge in [0.25, 0.3) is 0 Å². The zero-order chi connectivity index (χ0) is 17.6. The highest BCUT2D eigenvalue weighted by Crippen LogP contribution is 2.28. The molecule has 1 atom stereocenters. The van der Waals surface area contributed by atoms with Crippen LogP contribution < -0.4 is 15.5 Å². The highest BCUT2D eigenvalue weighted by molar-refractivity contribution is 14.0. The Morgan fingerprint density at radius 2 is 2.15 bits per heavy atom. The monoisotopic (exact) mass is 485 g/mol. The van der Waals surface area contributed by atoms with Gasteiger partial charge in [-0.1, -0.05) is 18.2 Å². The fourth-order valence-electron chi connectivity index (χ4n) is 3.23. The van der Waals surface area contributed by atoms with Gasteiger partial charge in [0.1, 0.15) is 0 Å². The number of guanidine groups is 1. The van der Waals surface area contributed by atoms with E-state index >= 15 is 0 Å². The van der Waals surface area contributed by atoms with E-state index in [1.54, 1.807) is 11.3 Å². The van der Waals surface area contributed by atoms with E-state index in [4.69, 9.17) is 0 Å². The summed E-state index contributed by atoms with van der Waals surface area (Å²) in [5, 5.41) is 10.1. The molecule has 142 valence electrons. The van der Waals surface area contributed by atoms with Gasteiger partial charge >= 0.3 is 0 Å². The maximum Gasteiger partial charge on any atom is 0.191 e. The Kier molecular flexibility index (Phi) is 8.15. The lowest BCUT2D eigenvalue weighted by molar-refractivity contribution is 0.625. The lowest BCUT2D eigenvalue weighted by Crippen LogP contribution is -2.46. The number of rotatable bonds is 6. The van der Waals surface area contributed by atoms with Crippen molar-refractivity contribution in [3.8, 4) is 0 Å². The summed E-state index contributed by atoms with van der Waals surface area (Å²) in [6, 6.07) is 9.12. The second-order valence-corrected chi connectivity index (χ2v) is 7.47. The smallest absolute Gasteiger partial charge is 0.191 e. The summed E-state index contributed by atoms with van der Waals surface area (Å²) in [4.78, 5) is 11.3. The number of hydrogen-bond donors (Lipinski definition) is 2. The van der Waals surface area contributed by atoms with E-state index in [0.29, 0.717) is 6.04 Å². The lowest BCUT2D eigenvalue weighted by Gasteiger charge is -2.28. The molecule has 0 aliphatic carbocycles. The van der Waals surface area contributed by atoms with E-state index < -0.39 is 0 Å². The molecule has 0 bridgehead atoms. The van der Waals surface area contributed by atoms with Crippen LogP contribution in [0.3, 0.4) is 0 Å². The molecule has 0 saturated heterocycles. The molecule has 5 nitrogen and oxygen atoms in total. The average molecular weight is 485 g/mol. The molecular weight excluding hydrogens is 457 g/mol. The summed E-state index contributed by atoms with van der Waals surface area (Å²) in [5.41, 5.74) is 3.97. The van der Waals surface area contributed by atoms with Crippen molar-refractivity contribution >= 4 is 47.0 Å². The number of nitrogens with zero attached hydrogens (tertiary/aromatic N) is 3. The first-order valence-corrected chi connectivity index (χ1v) is 9.75. The van der Waals surface area contributed by atoms with E-state index in [1.165, 1.54) is 11.3 Å². The zero-order valence-electron chi connectivity index (χ0n) is 15.7. The number of aliphatic imine (C=N–C) groups is 1. The molecule has 3 rings (SSSR count). The van der Waals surface area contributed by atoms with Crippen molar-refractivity contribution in [2.45, 2.75) is 32.7 Å². The maximum absolute atomic E-state index is 4.49. The zero-order valence-corrected chi connectivity index (χ0v) is 18.8. The van der Waals surface area contributed by atoms with Crippen molar-refractivity contribution in [2.75, 3.05) is 31.6 Å². The highest BCUT2D eigenvalue weighted by Gasteiger charge is 2.22. The number of benzene rings is 1. The molecule has 1 aliphatic rings. The Morgan fingerprint density at radius 3 is 2.88 bits per heavy atom. The summed E-state index contributed by atoms with van der Waals surface area (Å²) in [6.07, 6.45) is 2.06. The number of aromatic nitrogens is 1. The van der Waals surface area contributed by atoms with Gasteiger partial charge in [-0.25, -0.2) is 4.98 Å². The highest BCUT2D eigenvalue weighted by atomic mass is 127. The van der Waals surface area contributed by atoms with Gasteiger partial charge in [0.05, 0.1) is 10.7 Å². The van der Waals surface area contributed by atoms with Gasteiger partial charge in [0, 0.05) is 50.2 Å². The molecule has 0 spiro atoms. The largest absolute Gasteiger partial charge is 0.366 e. The van der Waals surface area contributed by atoms with Crippen molar-refractivity contribution < 1.29 is 0 Å². The van der Waals surface area contributed by atoms with Crippen LogP contribution in [0.15, 0.2) is 34.6 Å². The minimum absolute atomic E-state index is 0. The fourth-order valence-corrected chi connectivity index (χ4v) is 3.88. The Morgan fingerprint density at radius 1 is 1.35 bits per heavy atom. The second kappa shape index (κ2) is 10.1. The molecule has 0 fully saturated rings. The van der Waals surface area contributed by atoms with E-state index in [-0.39, 0.29) is 24.0 Å². The van der Waals surface area contributed by atoms with E-state index in [0.717, 1.165) is 49.1 Å². The summed E-state index contributed by atoms with van der Waals surface area (Å²) < 4.78 is 0. The molecule has 0 amide bonds. The first kappa shape index (κ1) is 21.0. The minimum atomic E-state index is 0. The molecule has 2 aromatic rings. The lowest BCUT2D eigenvalue weighted by atomic mass is 10.2. The molecule has 1 aliphatic heterocycles. The van der Waals surface area contributed by atoms with Crippen molar-refractivity contribution in [1.29, 1.82) is 0 Å². The number of nitrogens with one attached hydrogen (secondary N) is 2. The third-order valence-electron chi connectivity index (χ3n) is 4.58. The SMILES string of the molecule is CN=C(NCCc1csc(C)n1)NCC(C)N1CCc2ccccc21.I. The molecule has 1 unspecified atom stereocenters. The van der Waals surface area contributed by atoms with Gasteiger partial charge < -0.3 is 15.5 Å². The normalized spacial score (nSPS) is 14.6. The topological polar surface area (TPSA) is 52.6 Å². The van der Waals surface area contributed by atoms with Crippen LogP contribution in [0.4, 0.5) is 5.69 Å². The molecule has 1 aromatic heterocycles. The minimum Gasteiger partial charge on any atom is -0.366 e. The van der Waals surface area contributed by atoms with Crippen molar-refractivity contribution in [2.24, 2.45) is 4.99 Å². The van der Waals surface area contributed by atoms with Gasteiger partial charge in [-0.2, -0.15) is 0 Å². The number of anilines is 1. The Bertz CT molecular complexity index is 730. The number of fused-ring (bicyclic) bond motifs is 1. The molecule has 0 radical (unpaired) electrons. The molecule has 26 heavy (non-hydrogen) atoms. The van der Waals surface area contributed by atoms with Gasteiger partial charge in [-0.05, 0) is 31.9 Å². The second-order valence-electron chi connectivity index (χ2n) is 6.41. The van der Waals surface area contributed by atoms with Crippen LogP contribution in [0.2, 0.25) is 0 Å². The van der Waals surface area contributed by atoms with Crippen LogP contribution in [-0.4, -0.2) is 43.7 Å². The molecule has 0 saturated carbocycles. The first-order chi connectivity index (χ1) is 12.2. The van der Waals surface area contributed by atoms with Crippen molar-refractivity contribution in [3.63, 3.8) is 0 Å². The first-order valence-electron chi connectivity index (χ1n) is 8.87. The molecule has 2 heterocycles. The Balaban J connectivity index is 0.00000243. The van der Waals surface area contributed by atoms with Crippen LogP contribution in [0, 0.1) is 6.92 Å². The predicted molar refractivity (Wildman–Crippen MR) is 122 cm³/mol. The standard InChI is InChI=1S/C19H27N5S.HI/c1-14(24-11-9-16-6-4-5-7-18(16)24)12-22-19(20-3)21-10-8-17-13-25-15(2)23-17;/h4-7,13-14H,8-12H2,1-3H3,(H2,20,21,22);1H. The third kappa shape index (κ3) is 5.33. The number of aryl methyl sites for hydroxylation is 1. The fraction of sp³-hybridized carbons (Fsp3) is 0.474. The molecule has 1 aromatic carbocycles. The van der Waals surface area contributed by atoms with Gasteiger partial charge in [-0.3, -0.25) is 4.99 Å². The summed E-state index contributed by atoms with van der Waals surface area (Å²) in [7, 11) is 1.82. The summed E-state index contributed by atoms with van der Waals surface area (Å²) >= 11 is 1.70. The number of hydrogen-bond acceptors (Lipinski definition) is 4. The quantitative estimate of drug-likeness (QED) is 0.375. The number of para-hydroxylation sites is 1. The molecule has 2 N–H and O–H groups in total. The number of thiazole rings is 1. The Hall–Kier alpha value is -1.35. The van der Waals surface area contributed by atoms with Crippen molar-refractivity contribution in [3.05, 3.63) is 45.9 Å². The van der Waals surface area contributed by atoms with Crippen LogP contribution in [-0.2, 0) is 12.8 Å². The van der Waals surface area contributed by atoms with Gasteiger partial charge in [-0.15, -0.1) is 35.3 Å². The van der Waals surface area contributed by atoms with Crippen molar-refractivity contribution in [1.82, 2.24) is 15.6 Å². The average Bonchev–Trinajstić information content (AvgIpc) is 3.23. The van der Waals surface area contributed by atoms with Crippen LogP contribution in [0.5, 0.6) is 0 Å². The van der Waals surface area contributed by atoms with Crippen LogP contribution in [0.25, 0.3) is 0 Å². The summed E-state index contributed by atoms with van der Waals surface area (Å²) in [5.74, 6) is 0.853. The summed E-state index contributed by atoms with van der Waals surface area (Å²) in [6.45, 7) is 7.10. The van der Waals surface area contributed by atoms with E-state index in [1.807, 2.05) is 14.0 Å². The van der Waals surface area contributed by atoms with E-state index in [2.05, 4.69) is 62.1 Å². The maximum atomic E-state index is 4.49. The Labute approximate surface area is 177 Å². The van der Waals surface area contributed by atoms with Crippen LogP contribution in [0.1, 0.15) is 23.2 Å². The van der Waals surface area contributed by atoms with Gasteiger partial charge in [0.2, 0.25) is 0 Å². The number of halogens is 1. The predicted octanol–water partition coefficient (Wildman–Crippen LogP) is 3.23. The molecule has 7 heteroatoms. The third-order valence-corrected chi connectivity index (χ3v) is 5.41.